The molecule has 1 aromatic rings. The molecule has 1 aliphatic carbocycles. The molecular weight excluding hydrogens is 344 g/mol. The molecule has 27 heavy (non-hydrogen) atoms. The Labute approximate surface area is 162 Å². The van der Waals surface area contributed by atoms with E-state index in [0.717, 1.165) is 24.4 Å². The van der Waals surface area contributed by atoms with Gasteiger partial charge in [-0.15, -0.1) is 0 Å². The molecule has 0 unspecified atom stereocenters. The van der Waals surface area contributed by atoms with Gasteiger partial charge in [-0.1, -0.05) is 6.07 Å². The Balaban J connectivity index is 1.68. The van der Waals surface area contributed by atoms with Gasteiger partial charge < -0.3 is 24.4 Å². The highest BCUT2D eigenvalue weighted by Gasteiger charge is 2.40. The van der Waals surface area contributed by atoms with Crippen molar-refractivity contribution < 1.29 is 19.4 Å². The van der Waals surface area contributed by atoms with Crippen LogP contribution in [-0.4, -0.2) is 67.5 Å². The highest BCUT2D eigenvalue weighted by molar-refractivity contribution is 5.79. The minimum Gasteiger partial charge on any atom is -0.497 e. The van der Waals surface area contributed by atoms with Crippen molar-refractivity contribution in [3.63, 3.8) is 0 Å². The van der Waals surface area contributed by atoms with Crippen LogP contribution in [0.25, 0.3) is 0 Å². The van der Waals surface area contributed by atoms with Crippen LogP contribution in [0.4, 0.5) is 5.69 Å². The maximum absolute atomic E-state index is 13.1. The minimum absolute atomic E-state index is 0.0579. The average molecular weight is 376 g/mol. The Morgan fingerprint density at radius 2 is 2.00 bits per heavy atom. The van der Waals surface area contributed by atoms with Crippen molar-refractivity contribution in [2.24, 2.45) is 5.92 Å². The topological polar surface area (TPSA) is 62.2 Å². The second-order valence-corrected chi connectivity index (χ2v) is 8.28. The third kappa shape index (κ3) is 4.22. The second-order valence-electron chi connectivity index (χ2n) is 8.28. The van der Waals surface area contributed by atoms with Gasteiger partial charge in [0.25, 0.3) is 0 Å². The molecule has 1 aliphatic heterocycles. The molecule has 1 saturated carbocycles. The van der Waals surface area contributed by atoms with Gasteiger partial charge in [0, 0.05) is 44.4 Å². The van der Waals surface area contributed by atoms with Crippen molar-refractivity contribution in [2.75, 3.05) is 38.8 Å². The third-order valence-corrected chi connectivity index (χ3v) is 5.99. The van der Waals surface area contributed by atoms with Crippen LogP contribution in [0.15, 0.2) is 24.3 Å². The molecule has 1 N–H and O–H groups in total. The standard InChI is InChI=1S/C21H32N2O4/c1-21(2)14-22(20(25)15-8-9-18(24)19(12-15)27-4)10-11-23(21)16-6-5-7-17(13-16)26-3/h5-7,13,15,18-19,24H,8-12,14H2,1-4H3/t15-,18+,19-/m1/s1. The van der Waals surface area contributed by atoms with E-state index in [1.165, 1.54) is 0 Å². The molecule has 3 atom stereocenters. The van der Waals surface area contributed by atoms with E-state index in [1.807, 2.05) is 23.1 Å². The number of carbonyl (C=O) groups excluding carboxylic acids is 1. The number of piperazine rings is 1. The Kier molecular flexibility index (Phi) is 5.96. The van der Waals surface area contributed by atoms with Gasteiger partial charge in [-0.05, 0) is 45.2 Å². The summed E-state index contributed by atoms with van der Waals surface area (Å²) in [4.78, 5) is 17.4. The number of hydrogen-bond donors (Lipinski definition) is 1. The zero-order chi connectivity index (χ0) is 19.6. The highest BCUT2D eigenvalue weighted by Crippen LogP contribution is 2.33. The van der Waals surface area contributed by atoms with E-state index in [9.17, 15) is 9.90 Å². The first-order valence-corrected chi connectivity index (χ1v) is 9.77. The monoisotopic (exact) mass is 376 g/mol. The number of amides is 1. The van der Waals surface area contributed by atoms with Crippen LogP contribution in [0.3, 0.4) is 0 Å². The first kappa shape index (κ1) is 20.0. The van der Waals surface area contributed by atoms with Crippen molar-refractivity contribution in [1.82, 2.24) is 4.90 Å². The lowest BCUT2D eigenvalue weighted by Gasteiger charge is -2.49. The van der Waals surface area contributed by atoms with Gasteiger partial charge in [-0.25, -0.2) is 0 Å². The minimum atomic E-state index is -0.458. The largest absolute Gasteiger partial charge is 0.497 e. The summed E-state index contributed by atoms with van der Waals surface area (Å²) in [7, 11) is 3.28. The first-order chi connectivity index (χ1) is 12.9. The SMILES string of the molecule is COc1cccc(N2CCN(C(=O)[C@@H]3CC[C@H](O)[C@H](OC)C3)CC2(C)C)c1. The number of hydrogen-bond acceptors (Lipinski definition) is 5. The number of carbonyl (C=O) groups is 1. The molecule has 1 saturated heterocycles. The molecule has 1 aromatic carbocycles. The van der Waals surface area contributed by atoms with Crippen molar-refractivity contribution >= 4 is 11.6 Å². The molecule has 0 radical (unpaired) electrons. The summed E-state index contributed by atoms with van der Waals surface area (Å²) in [6, 6.07) is 8.08. The summed E-state index contributed by atoms with van der Waals surface area (Å²) in [5.41, 5.74) is 0.946. The average Bonchev–Trinajstić information content (AvgIpc) is 2.67. The number of anilines is 1. The molecule has 0 spiro atoms. The summed E-state index contributed by atoms with van der Waals surface area (Å²) in [5.74, 6) is 0.980. The smallest absolute Gasteiger partial charge is 0.225 e. The number of methoxy groups -OCH3 is 2. The number of aliphatic hydroxyl groups is 1. The van der Waals surface area contributed by atoms with Crippen LogP contribution in [0.5, 0.6) is 5.75 Å². The van der Waals surface area contributed by atoms with Crippen molar-refractivity contribution in [1.29, 1.82) is 0 Å². The molecule has 1 amide bonds. The molecule has 6 heteroatoms. The first-order valence-electron chi connectivity index (χ1n) is 9.77. The molecule has 0 aromatic heterocycles. The summed E-state index contributed by atoms with van der Waals surface area (Å²) >= 11 is 0. The fourth-order valence-electron chi connectivity index (χ4n) is 4.45. The Bertz CT molecular complexity index is 663. The van der Waals surface area contributed by atoms with Crippen molar-refractivity contribution in [3.8, 4) is 5.75 Å². The maximum atomic E-state index is 13.1. The van der Waals surface area contributed by atoms with E-state index in [1.54, 1.807) is 14.2 Å². The number of aliphatic hydroxyl groups excluding tert-OH is 1. The fourth-order valence-corrected chi connectivity index (χ4v) is 4.45. The lowest BCUT2D eigenvalue weighted by Crippen LogP contribution is -2.61. The predicted molar refractivity (Wildman–Crippen MR) is 105 cm³/mol. The lowest BCUT2D eigenvalue weighted by atomic mass is 9.83. The summed E-state index contributed by atoms with van der Waals surface area (Å²) < 4.78 is 10.7. The molecule has 150 valence electrons. The number of benzene rings is 1. The molecule has 2 fully saturated rings. The summed E-state index contributed by atoms with van der Waals surface area (Å²) in [5, 5.41) is 10.00. The van der Waals surface area contributed by atoms with E-state index in [0.29, 0.717) is 25.9 Å². The van der Waals surface area contributed by atoms with Crippen LogP contribution in [-0.2, 0) is 9.53 Å². The van der Waals surface area contributed by atoms with Gasteiger partial charge >= 0.3 is 0 Å². The molecule has 2 aliphatic rings. The normalized spacial score (nSPS) is 28.1. The van der Waals surface area contributed by atoms with Crippen LogP contribution >= 0.6 is 0 Å². The Morgan fingerprint density at radius 1 is 1.22 bits per heavy atom. The molecule has 3 rings (SSSR count). The van der Waals surface area contributed by atoms with E-state index >= 15 is 0 Å². The van der Waals surface area contributed by atoms with Gasteiger partial charge in [0.05, 0.1) is 24.9 Å². The van der Waals surface area contributed by atoms with Crippen LogP contribution < -0.4 is 9.64 Å². The lowest BCUT2D eigenvalue weighted by molar-refractivity contribution is -0.142. The maximum Gasteiger partial charge on any atom is 0.225 e. The Morgan fingerprint density at radius 3 is 2.67 bits per heavy atom. The van der Waals surface area contributed by atoms with Gasteiger partial charge in [0.2, 0.25) is 5.91 Å². The van der Waals surface area contributed by atoms with Crippen LogP contribution in [0.1, 0.15) is 33.1 Å². The Hall–Kier alpha value is -1.79. The van der Waals surface area contributed by atoms with Crippen molar-refractivity contribution in [2.45, 2.75) is 50.9 Å². The number of nitrogens with zero attached hydrogens (tertiary/aromatic N) is 2. The van der Waals surface area contributed by atoms with Crippen LogP contribution in [0, 0.1) is 5.92 Å². The van der Waals surface area contributed by atoms with Crippen molar-refractivity contribution in [3.05, 3.63) is 24.3 Å². The molecular formula is C21H32N2O4. The predicted octanol–water partition coefficient (Wildman–Crippen LogP) is 2.30. The summed E-state index contributed by atoms with van der Waals surface area (Å²) in [6.07, 6.45) is 1.27. The number of rotatable bonds is 4. The van der Waals surface area contributed by atoms with E-state index < -0.39 is 6.10 Å². The van der Waals surface area contributed by atoms with Gasteiger partial charge in [-0.3, -0.25) is 4.79 Å². The summed E-state index contributed by atoms with van der Waals surface area (Å²) in [6.45, 7) is 6.52. The molecule has 6 nitrogen and oxygen atoms in total. The van der Waals surface area contributed by atoms with Gasteiger partial charge in [-0.2, -0.15) is 0 Å². The molecule has 1 heterocycles. The quantitative estimate of drug-likeness (QED) is 0.874. The number of ether oxygens (including phenoxy) is 2. The van der Waals surface area contributed by atoms with Crippen LogP contribution in [0.2, 0.25) is 0 Å². The second kappa shape index (κ2) is 8.07. The third-order valence-electron chi connectivity index (χ3n) is 5.99. The zero-order valence-corrected chi connectivity index (χ0v) is 16.9. The van der Waals surface area contributed by atoms with E-state index in [-0.39, 0.29) is 23.5 Å². The van der Waals surface area contributed by atoms with E-state index in [4.69, 9.17) is 9.47 Å². The molecule has 0 bridgehead atoms. The zero-order valence-electron chi connectivity index (χ0n) is 16.9. The highest BCUT2D eigenvalue weighted by atomic mass is 16.5. The van der Waals surface area contributed by atoms with E-state index in [2.05, 4.69) is 24.8 Å². The van der Waals surface area contributed by atoms with Gasteiger partial charge in [0.15, 0.2) is 0 Å². The van der Waals surface area contributed by atoms with Gasteiger partial charge in [0.1, 0.15) is 5.75 Å². The fraction of sp³-hybridized carbons (Fsp3) is 0.667.